The van der Waals surface area contributed by atoms with Gasteiger partial charge in [-0.2, -0.15) is 0 Å². The van der Waals surface area contributed by atoms with Crippen LogP contribution in [0.2, 0.25) is 0 Å². The van der Waals surface area contributed by atoms with Crippen LogP contribution in [-0.4, -0.2) is 6.61 Å². The Balaban J connectivity index is 2.52. The lowest BCUT2D eigenvalue weighted by molar-refractivity contribution is 0.341. The normalized spacial score (nSPS) is 10.4. The monoisotopic (exact) mass is 298 g/mol. The maximum Gasteiger partial charge on any atom is 0.119 e. The highest BCUT2D eigenvalue weighted by atomic mass is 127. The molecule has 0 spiro atoms. The van der Waals surface area contributed by atoms with Crippen molar-refractivity contribution in [3.63, 3.8) is 0 Å². The Labute approximate surface area is 97.2 Å². The van der Waals surface area contributed by atoms with Crippen LogP contribution in [-0.2, 0) is 0 Å². The predicted octanol–water partition coefficient (Wildman–Crippen LogP) is 3.84. The number of ether oxygens (including phenoxy) is 1. The van der Waals surface area contributed by atoms with Gasteiger partial charge in [-0.25, -0.2) is 0 Å². The van der Waals surface area contributed by atoms with Gasteiger partial charge in [0, 0.05) is 3.57 Å². The van der Waals surface area contributed by atoms with Crippen LogP contribution in [0.3, 0.4) is 0 Å². The van der Waals surface area contributed by atoms with E-state index in [1.807, 2.05) is 13.0 Å². The molecule has 1 nitrogen and oxygen atoms in total. The predicted molar refractivity (Wildman–Crippen MR) is 67.8 cm³/mol. The molecule has 0 saturated carbocycles. The molecule has 2 heteroatoms. The van der Waals surface area contributed by atoms with Crippen molar-refractivity contribution in [3.8, 4) is 5.75 Å². The third kappa shape index (κ3) is 2.00. The molecule has 0 aromatic heterocycles. The minimum absolute atomic E-state index is 0.718. The molecule has 0 saturated heterocycles. The van der Waals surface area contributed by atoms with Gasteiger partial charge in [-0.05, 0) is 64.6 Å². The van der Waals surface area contributed by atoms with Gasteiger partial charge < -0.3 is 4.74 Å². The van der Waals surface area contributed by atoms with E-state index in [0.29, 0.717) is 0 Å². The first-order valence-electron chi connectivity index (χ1n) is 4.61. The van der Waals surface area contributed by atoms with E-state index in [-0.39, 0.29) is 0 Å². The fourth-order valence-electron chi connectivity index (χ4n) is 1.45. The quantitative estimate of drug-likeness (QED) is 0.765. The molecule has 0 amide bonds. The van der Waals surface area contributed by atoms with Gasteiger partial charge in [0.1, 0.15) is 5.75 Å². The zero-order valence-electron chi connectivity index (χ0n) is 7.96. The number of halogens is 1. The highest BCUT2D eigenvalue weighted by Gasteiger charge is 1.97. The molecule has 0 bridgehead atoms. The van der Waals surface area contributed by atoms with Crippen molar-refractivity contribution in [2.75, 3.05) is 6.61 Å². The summed E-state index contributed by atoms with van der Waals surface area (Å²) < 4.78 is 6.70. The van der Waals surface area contributed by atoms with E-state index in [0.717, 1.165) is 12.4 Å². The van der Waals surface area contributed by atoms with Gasteiger partial charge in [-0.15, -0.1) is 0 Å². The van der Waals surface area contributed by atoms with E-state index in [2.05, 4.69) is 52.9 Å². The Morgan fingerprint density at radius 1 is 1.07 bits per heavy atom. The minimum Gasteiger partial charge on any atom is -0.494 e. The fourth-order valence-corrected chi connectivity index (χ4v) is 1.97. The second kappa shape index (κ2) is 4.17. The highest BCUT2D eigenvalue weighted by Crippen LogP contribution is 2.22. The summed E-state index contributed by atoms with van der Waals surface area (Å²) in [5.74, 6) is 0.946. The second-order valence-corrected chi connectivity index (χ2v) is 4.33. The van der Waals surface area contributed by atoms with Gasteiger partial charge in [0.05, 0.1) is 6.61 Å². The molecular formula is C12H11IO. The van der Waals surface area contributed by atoms with Gasteiger partial charge in [0.25, 0.3) is 0 Å². The lowest BCUT2D eigenvalue weighted by Crippen LogP contribution is -1.90. The Bertz CT molecular complexity index is 451. The van der Waals surface area contributed by atoms with Crippen molar-refractivity contribution < 1.29 is 4.74 Å². The van der Waals surface area contributed by atoms with Crippen LogP contribution < -0.4 is 4.74 Å². The Hall–Kier alpha value is -0.770. The van der Waals surface area contributed by atoms with Gasteiger partial charge >= 0.3 is 0 Å². The van der Waals surface area contributed by atoms with Gasteiger partial charge in [-0.3, -0.25) is 0 Å². The lowest BCUT2D eigenvalue weighted by Gasteiger charge is -2.04. The maximum absolute atomic E-state index is 5.45. The molecule has 0 aliphatic rings. The number of fused-ring (bicyclic) bond motifs is 1. The van der Waals surface area contributed by atoms with Crippen LogP contribution in [0.1, 0.15) is 6.92 Å². The molecule has 14 heavy (non-hydrogen) atoms. The van der Waals surface area contributed by atoms with E-state index in [9.17, 15) is 0 Å². The number of benzene rings is 2. The van der Waals surface area contributed by atoms with Crippen molar-refractivity contribution in [3.05, 3.63) is 40.0 Å². The summed E-state index contributed by atoms with van der Waals surface area (Å²) >= 11 is 2.32. The standard InChI is InChI=1S/C12H11IO/c1-2-14-12-6-4-9-3-5-11(13)7-10(9)8-12/h3-8H,2H2,1H3. The molecule has 0 fully saturated rings. The Morgan fingerprint density at radius 2 is 1.86 bits per heavy atom. The zero-order valence-corrected chi connectivity index (χ0v) is 10.1. The van der Waals surface area contributed by atoms with Crippen molar-refractivity contribution in [1.29, 1.82) is 0 Å². The van der Waals surface area contributed by atoms with Crippen LogP contribution in [0, 0.1) is 3.57 Å². The molecule has 0 aliphatic heterocycles. The molecule has 0 atom stereocenters. The highest BCUT2D eigenvalue weighted by molar-refractivity contribution is 14.1. The van der Waals surface area contributed by atoms with E-state index in [1.54, 1.807) is 0 Å². The molecule has 0 N–H and O–H groups in total. The van der Waals surface area contributed by atoms with Crippen molar-refractivity contribution in [2.24, 2.45) is 0 Å². The van der Waals surface area contributed by atoms with Crippen molar-refractivity contribution in [2.45, 2.75) is 6.92 Å². The summed E-state index contributed by atoms with van der Waals surface area (Å²) in [6.07, 6.45) is 0. The molecule has 0 aliphatic carbocycles. The third-order valence-corrected chi connectivity index (χ3v) is 2.76. The average molecular weight is 298 g/mol. The van der Waals surface area contributed by atoms with Gasteiger partial charge in [0.2, 0.25) is 0 Å². The first-order valence-corrected chi connectivity index (χ1v) is 5.69. The number of hydrogen-bond acceptors (Lipinski definition) is 1. The summed E-state index contributed by atoms with van der Waals surface area (Å²) in [7, 11) is 0. The molecule has 0 radical (unpaired) electrons. The molecule has 0 heterocycles. The van der Waals surface area contributed by atoms with Crippen LogP contribution in [0.25, 0.3) is 10.8 Å². The van der Waals surface area contributed by atoms with E-state index < -0.39 is 0 Å². The van der Waals surface area contributed by atoms with Crippen molar-refractivity contribution >= 4 is 33.4 Å². The average Bonchev–Trinajstić information content (AvgIpc) is 2.17. The number of hydrogen-bond donors (Lipinski definition) is 0. The van der Waals surface area contributed by atoms with Crippen LogP contribution in [0.5, 0.6) is 5.75 Å². The number of rotatable bonds is 2. The topological polar surface area (TPSA) is 9.23 Å². The summed E-state index contributed by atoms with van der Waals surface area (Å²) in [5.41, 5.74) is 0. The van der Waals surface area contributed by atoms with Gasteiger partial charge in [0.15, 0.2) is 0 Å². The summed E-state index contributed by atoms with van der Waals surface area (Å²) in [6.45, 7) is 2.72. The first-order chi connectivity index (χ1) is 6.79. The summed E-state index contributed by atoms with van der Waals surface area (Å²) in [4.78, 5) is 0. The minimum atomic E-state index is 0.718. The molecule has 2 rings (SSSR count). The van der Waals surface area contributed by atoms with E-state index in [1.165, 1.54) is 14.3 Å². The fraction of sp³-hybridized carbons (Fsp3) is 0.167. The molecular weight excluding hydrogens is 287 g/mol. The Morgan fingerprint density at radius 3 is 2.64 bits per heavy atom. The summed E-state index contributed by atoms with van der Waals surface area (Å²) in [6, 6.07) is 12.6. The smallest absolute Gasteiger partial charge is 0.119 e. The molecule has 2 aromatic carbocycles. The van der Waals surface area contributed by atoms with Crippen molar-refractivity contribution in [1.82, 2.24) is 0 Å². The molecule has 2 aromatic rings. The SMILES string of the molecule is CCOc1ccc2ccc(I)cc2c1. The maximum atomic E-state index is 5.45. The molecule has 72 valence electrons. The van der Waals surface area contributed by atoms with E-state index in [4.69, 9.17) is 4.74 Å². The first kappa shape index (κ1) is 9.77. The lowest BCUT2D eigenvalue weighted by atomic mass is 10.1. The summed E-state index contributed by atoms with van der Waals surface area (Å²) in [5, 5.41) is 2.50. The Kier molecular flexibility index (Phi) is 2.91. The van der Waals surface area contributed by atoms with Crippen LogP contribution >= 0.6 is 22.6 Å². The second-order valence-electron chi connectivity index (χ2n) is 3.09. The van der Waals surface area contributed by atoms with Crippen LogP contribution in [0.15, 0.2) is 36.4 Å². The largest absolute Gasteiger partial charge is 0.494 e. The molecule has 0 unspecified atom stereocenters. The van der Waals surface area contributed by atoms with Gasteiger partial charge in [-0.1, -0.05) is 12.1 Å². The zero-order chi connectivity index (χ0) is 9.97. The van der Waals surface area contributed by atoms with E-state index >= 15 is 0 Å². The van der Waals surface area contributed by atoms with Crippen LogP contribution in [0.4, 0.5) is 0 Å². The third-order valence-electron chi connectivity index (χ3n) is 2.08.